The number of carbonyl (C=O) groups is 1. The Morgan fingerprint density at radius 2 is 2.15 bits per heavy atom. The van der Waals surface area contributed by atoms with Crippen molar-refractivity contribution in [3.63, 3.8) is 0 Å². The van der Waals surface area contributed by atoms with Crippen molar-refractivity contribution in [2.75, 3.05) is 19.6 Å². The SMILES string of the molecule is N#Cc1ccc(S(=O)(=O)N2CCCNC(=O)C2)c(Cl)c1. The molecule has 1 fully saturated rings. The first-order chi connectivity index (χ1) is 9.45. The monoisotopic (exact) mass is 313 g/mol. The molecule has 106 valence electrons. The van der Waals surface area contributed by atoms with E-state index in [1.807, 2.05) is 6.07 Å². The molecule has 0 radical (unpaired) electrons. The van der Waals surface area contributed by atoms with Gasteiger partial charge in [-0.05, 0) is 24.6 Å². The summed E-state index contributed by atoms with van der Waals surface area (Å²) in [7, 11) is -3.84. The number of hydrogen-bond acceptors (Lipinski definition) is 4. The third-order valence-electron chi connectivity index (χ3n) is 2.91. The van der Waals surface area contributed by atoms with Crippen molar-refractivity contribution in [2.45, 2.75) is 11.3 Å². The Kier molecular flexibility index (Phi) is 4.28. The molecule has 1 N–H and O–H groups in total. The van der Waals surface area contributed by atoms with Crippen LogP contribution in [-0.4, -0.2) is 38.3 Å². The van der Waals surface area contributed by atoms with Gasteiger partial charge in [-0.3, -0.25) is 4.79 Å². The number of benzene rings is 1. The number of sulfonamides is 1. The van der Waals surface area contributed by atoms with Gasteiger partial charge in [-0.15, -0.1) is 0 Å². The first kappa shape index (κ1) is 14.8. The van der Waals surface area contributed by atoms with Gasteiger partial charge in [0.2, 0.25) is 15.9 Å². The summed E-state index contributed by atoms with van der Waals surface area (Å²) in [5.74, 6) is -0.337. The average Bonchev–Trinajstić information content (AvgIpc) is 2.63. The Labute approximate surface area is 122 Å². The maximum absolute atomic E-state index is 12.5. The molecule has 0 spiro atoms. The van der Waals surface area contributed by atoms with Crippen molar-refractivity contribution < 1.29 is 13.2 Å². The van der Waals surface area contributed by atoms with Gasteiger partial charge in [0.05, 0.1) is 23.2 Å². The lowest BCUT2D eigenvalue weighted by molar-refractivity contribution is -0.120. The predicted molar refractivity (Wildman–Crippen MR) is 72.6 cm³/mol. The number of nitriles is 1. The minimum absolute atomic E-state index is 0.0197. The third-order valence-corrected chi connectivity index (χ3v) is 5.23. The van der Waals surface area contributed by atoms with Crippen molar-refractivity contribution in [3.05, 3.63) is 28.8 Å². The van der Waals surface area contributed by atoms with Crippen LogP contribution in [0.4, 0.5) is 0 Å². The first-order valence-electron chi connectivity index (χ1n) is 5.91. The summed E-state index contributed by atoms with van der Waals surface area (Å²) in [5, 5.41) is 11.3. The molecule has 0 bridgehead atoms. The average molecular weight is 314 g/mol. The molecule has 1 aliphatic heterocycles. The largest absolute Gasteiger partial charge is 0.355 e. The number of hydrogen-bond donors (Lipinski definition) is 1. The highest BCUT2D eigenvalue weighted by Crippen LogP contribution is 2.26. The van der Waals surface area contributed by atoms with Crippen LogP contribution >= 0.6 is 11.6 Å². The minimum Gasteiger partial charge on any atom is -0.355 e. The molecule has 0 aliphatic carbocycles. The molecule has 6 nitrogen and oxygen atoms in total. The smallest absolute Gasteiger partial charge is 0.245 e. The topological polar surface area (TPSA) is 90.3 Å². The second-order valence-corrected chi connectivity index (χ2v) is 6.61. The lowest BCUT2D eigenvalue weighted by Crippen LogP contribution is -2.37. The van der Waals surface area contributed by atoms with Gasteiger partial charge in [0, 0.05) is 13.1 Å². The molecule has 0 atom stereocenters. The Hall–Kier alpha value is -1.62. The highest BCUT2D eigenvalue weighted by molar-refractivity contribution is 7.89. The predicted octanol–water partition coefficient (Wildman–Crippen LogP) is 0.722. The van der Waals surface area contributed by atoms with Crippen molar-refractivity contribution in [3.8, 4) is 6.07 Å². The minimum atomic E-state index is -3.84. The summed E-state index contributed by atoms with van der Waals surface area (Å²) in [6.45, 7) is 0.474. The van der Waals surface area contributed by atoms with Crippen LogP contribution in [0.5, 0.6) is 0 Å². The van der Waals surface area contributed by atoms with Crippen LogP contribution in [0.3, 0.4) is 0 Å². The van der Waals surface area contributed by atoms with Crippen LogP contribution in [0.25, 0.3) is 0 Å². The summed E-state index contributed by atoms with van der Waals surface area (Å²) in [6, 6.07) is 5.86. The van der Waals surface area contributed by atoms with Crippen LogP contribution in [-0.2, 0) is 14.8 Å². The molecule has 1 heterocycles. The molecule has 1 saturated heterocycles. The molecule has 20 heavy (non-hydrogen) atoms. The summed E-state index contributed by atoms with van der Waals surface area (Å²) in [6.07, 6.45) is 0.541. The Morgan fingerprint density at radius 3 is 2.80 bits per heavy atom. The van der Waals surface area contributed by atoms with E-state index >= 15 is 0 Å². The molecule has 8 heteroatoms. The normalized spacial score (nSPS) is 17.1. The van der Waals surface area contributed by atoms with Crippen molar-refractivity contribution in [1.82, 2.24) is 9.62 Å². The summed E-state index contributed by atoms with van der Waals surface area (Å²) in [5.41, 5.74) is 0.280. The second kappa shape index (κ2) is 5.79. The maximum atomic E-state index is 12.5. The van der Waals surface area contributed by atoms with Crippen LogP contribution in [0.2, 0.25) is 5.02 Å². The van der Waals surface area contributed by atoms with Crippen LogP contribution in [0.15, 0.2) is 23.1 Å². The molecule has 0 aromatic heterocycles. The molecular weight excluding hydrogens is 302 g/mol. The van der Waals surface area contributed by atoms with Crippen molar-refractivity contribution in [2.24, 2.45) is 0 Å². The van der Waals surface area contributed by atoms with E-state index in [-0.39, 0.29) is 34.5 Å². The van der Waals surface area contributed by atoms with E-state index in [0.29, 0.717) is 13.0 Å². The first-order valence-corrected chi connectivity index (χ1v) is 7.73. The number of carbonyl (C=O) groups excluding carboxylic acids is 1. The van der Waals surface area contributed by atoms with Crippen LogP contribution < -0.4 is 5.32 Å². The zero-order valence-corrected chi connectivity index (χ0v) is 12.0. The highest BCUT2D eigenvalue weighted by Gasteiger charge is 2.29. The van der Waals surface area contributed by atoms with E-state index in [1.165, 1.54) is 18.2 Å². The van der Waals surface area contributed by atoms with E-state index in [9.17, 15) is 13.2 Å². The molecule has 1 aliphatic rings. The molecule has 1 amide bonds. The Morgan fingerprint density at radius 1 is 1.40 bits per heavy atom. The second-order valence-electron chi connectivity index (χ2n) is 4.30. The maximum Gasteiger partial charge on any atom is 0.245 e. The standard InChI is InChI=1S/C12H12ClN3O3S/c13-10-6-9(7-14)2-3-11(10)20(18,19)16-5-1-4-15-12(17)8-16/h2-3,6H,1,4-5,8H2,(H,15,17). The molecule has 0 unspecified atom stereocenters. The lowest BCUT2D eigenvalue weighted by atomic mass is 10.2. The van der Waals surface area contributed by atoms with E-state index in [0.717, 1.165) is 4.31 Å². The van der Waals surface area contributed by atoms with Crippen LogP contribution in [0, 0.1) is 11.3 Å². The van der Waals surface area contributed by atoms with E-state index in [2.05, 4.69) is 5.32 Å². The van der Waals surface area contributed by atoms with Gasteiger partial charge in [-0.25, -0.2) is 8.42 Å². The Bertz CT molecular complexity index is 682. The number of halogens is 1. The van der Waals surface area contributed by atoms with E-state index in [1.54, 1.807) is 0 Å². The van der Waals surface area contributed by atoms with Gasteiger partial charge >= 0.3 is 0 Å². The summed E-state index contributed by atoms with van der Waals surface area (Å²) in [4.78, 5) is 11.4. The number of nitrogens with one attached hydrogen (secondary N) is 1. The van der Waals surface area contributed by atoms with Crippen molar-refractivity contribution in [1.29, 1.82) is 5.26 Å². The third kappa shape index (κ3) is 2.93. The zero-order chi connectivity index (χ0) is 14.8. The highest BCUT2D eigenvalue weighted by atomic mass is 35.5. The number of rotatable bonds is 2. The zero-order valence-electron chi connectivity index (χ0n) is 10.5. The van der Waals surface area contributed by atoms with Gasteiger partial charge in [-0.2, -0.15) is 9.57 Å². The van der Waals surface area contributed by atoms with Crippen LogP contribution in [0.1, 0.15) is 12.0 Å². The molecule has 0 saturated carbocycles. The Balaban J connectivity index is 2.39. The van der Waals surface area contributed by atoms with Gasteiger partial charge < -0.3 is 5.32 Å². The van der Waals surface area contributed by atoms with Crippen molar-refractivity contribution >= 4 is 27.5 Å². The molecule has 1 aromatic rings. The fourth-order valence-electron chi connectivity index (χ4n) is 1.90. The molecular formula is C12H12ClN3O3S. The quantitative estimate of drug-likeness (QED) is 0.871. The molecule has 1 aromatic carbocycles. The summed E-state index contributed by atoms with van der Waals surface area (Å²) < 4.78 is 26.1. The number of amides is 1. The van der Waals surface area contributed by atoms with Gasteiger partial charge in [-0.1, -0.05) is 11.6 Å². The molecule has 2 rings (SSSR count). The van der Waals surface area contributed by atoms with Gasteiger partial charge in [0.1, 0.15) is 4.90 Å². The van der Waals surface area contributed by atoms with E-state index in [4.69, 9.17) is 16.9 Å². The van der Waals surface area contributed by atoms with E-state index < -0.39 is 10.0 Å². The summed E-state index contributed by atoms with van der Waals surface area (Å²) >= 11 is 5.93. The lowest BCUT2D eigenvalue weighted by Gasteiger charge is -2.19. The van der Waals surface area contributed by atoms with Gasteiger partial charge in [0.15, 0.2) is 0 Å². The number of nitrogens with zero attached hydrogens (tertiary/aromatic N) is 2. The fourth-order valence-corrected chi connectivity index (χ4v) is 3.86. The van der Waals surface area contributed by atoms with Gasteiger partial charge in [0.25, 0.3) is 0 Å². The fraction of sp³-hybridized carbons (Fsp3) is 0.333.